The molecule has 1 aliphatic rings. The Balaban J connectivity index is 2.64. The maximum absolute atomic E-state index is 11.3. The van der Waals surface area contributed by atoms with Gasteiger partial charge >= 0.3 is 0 Å². The maximum atomic E-state index is 11.3. The van der Waals surface area contributed by atoms with Crippen LogP contribution in [-0.2, 0) is 11.2 Å². The summed E-state index contributed by atoms with van der Waals surface area (Å²) >= 11 is 0. The van der Waals surface area contributed by atoms with E-state index in [1.807, 2.05) is 0 Å². The van der Waals surface area contributed by atoms with Crippen molar-refractivity contribution in [3.8, 4) is 0 Å². The van der Waals surface area contributed by atoms with Gasteiger partial charge < -0.3 is 14.8 Å². The average molecular weight is 190 g/mol. The van der Waals surface area contributed by atoms with Crippen LogP contribution in [0.15, 0.2) is 18.2 Å². The fourth-order valence-electron chi connectivity index (χ4n) is 1.70. The van der Waals surface area contributed by atoms with Gasteiger partial charge in [0.15, 0.2) is 0 Å². The molecule has 1 heterocycles. The topological polar surface area (TPSA) is 60.4 Å². The van der Waals surface area contributed by atoms with Crippen molar-refractivity contribution in [1.29, 1.82) is 0 Å². The number of nitrogens with zero attached hydrogens (tertiary/aromatic N) is 1. The van der Waals surface area contributed by atoms with Gasteiger partial charge in [0.1, 0.15) is 0 Å². The van der Waals surface area contributed by atoms with Crippen molar-refractivity contribution in [3.63, 3.8) is 0 Å². The number of likely N-dealkylation sites (N-methyl/N-ethyl adjacent to an activating group) is 1. The van der Waals surface area contributed by atoms with Crippen LogP contribution in [-0.4, -0.2) is 18.9 Å². The molecule has 1 amide bonds. The lowest BCUT2D eigenvalue weighted by Crippen LogP contribution is -2.27. The quantitative estimate of drug-likeness (QED) is 0.603. The summed E-state index contributed by atoms with van der Waals surface area (Å²) in [7, 11) is 1.57. The van der Waals surface area contributed by atoms with Crippen LogP contribution in [0.3, 0.4) is 0 Å². The maximum Gasteiger partial charge on any atom is 0.231 e. The van der Waals surface area contributed by atoms with Crippen molar-refractivity contribution in [2.75, 3.05) is 11.9 Å². The normalized spacial score (nSPS) is 14.4. The first-order chi connectivity index (χ1) is 6.61. The minimum absolute atomic E-state index is 0.0795. The predicted molar refractivity (Wildman–Crippen MR) is 47.9 cm³/mol. The van der Waals surface area contributed by atoms with E-state index >= 15 is 0 Å². The molecule has 0 saturated carbocycles. The van der Waals surface area contributed by atoms with E-state index in [2.05, 4.69) is 0 Å². The fraction of sp³-hybridized carbons (Fsp3) is 0.200. The highest BCUT2D eigenvalue weighted by atomic mass is 16.4. The van der Waals surface area contributed by atoms with Gasteiger partial charge in [0.25, 0.3) is 0 Å². The first kappa shape index (κ1) is 8.74. The van der Waals surface area contributed by atoms with Crippen LogP contribution >= 0.6 is 0 Å². The summed E-state index contributed by atoms with van der Waals surface area (Å²) in [6, 6.07) is 4.82. The van der Waals surface area contributed by atoms with Crippen LogP contribution < -0.4 is 10.0 Å². The third-order valence-corrected chi connectivity index (χ3v) is 2.39. The van der Waals surface area contributed by atoms with Crippen molar-refractivity contribution >= 4 is 17.6 Å². The SMILES string of the molecule is CN1C(=O)Cc2cccc(C(=O)[O-])c21. The van der Waals surface area contributed by atoms with Gasteiger partial charge in [-0.2, -0.15) is 0 Å². The smallest absolute Gasteiger partial charge is 0.231 e. The molecule has 0 fully saturated rings. The van der Waals surface area contributed by atoms with Gasteiger partial charge in [-0.15, -0.1) is 0 Å². The van der Waals surface area contributed by atoms with Crippen molar-refractivity contribution in [1.82, 2.24) is 0 Å². The summed E-state index contributed by atoms with van der Waals surface area (Å²) in [5, 5.41) is 10.8. The Labute approximate surface area is 80.8 Å². The zero-order valence-electron chi connectivity index (χ0n) is 7.61. The lowest BCUT2D eigenvalue weighted by Gasteiger charge is -2.15. The summed E-state index contributed by atoms with van der Waals surface area (Å²) in [6.45, 7) is 0. The second-order valence-corrected chi connectivity index (χ2v) is 3.23. The van der Waals surface area contributed by atoms with Crippen molar-refractivity contribution in [2.45, 2.75) is 6.42 Å². The van der Waals surface area contributed by atoms with Crippen LogP contribution in [0, 0.1) is 0 Å². The molecule has 0 aliphatic carbocycles. The molecule has 0 N–H and O–H groups in total. The minimum Gasteiger partial charge on any atom is -0.545 e. The molecule has 14 heavy (non-hydrogen) atoms. The number of fused-ring (bicyclic) bond motifs is 1. The van der Waals surface area contributed by atoms with Gasteiger partial charge in [0, 0.05) is 12.6 Å². The number of amides is 1. The van der Waals surface area contributed by atoms with Gasteiger partial charge in [-0.1, -0.05) is 18.2 Å². The zero-order chi connectivity index (χ0) is 10.3. The lowest BCUT2D eigenvalue weighted by molar-refractivity contribution is -0.254. The third-order valence-electron chi connectivity index (χ3n) is 2.39. The van der Waals surface area contributed by atoms with Crippen LogP contribution in [0.1, 0.15) is 15.9 Å². The number of aromatic carboxylic acids is 1. The Morgan fingerprint density at radius 1 is 1.50 bits per heavy atom. The number of carbonyl (C=O) groups is 2. The Morgan fingerprint density at radius 2 is 2.21 bits per heavy atom. The summed E-state index contributed by atoms with van der Waals surface area (Å²) in [6.07, 6.45) is 0.271. The lowest BCUT2D eigenvalue weighted by atomic mass is 10.1. The van der Waals surface area contributed by atoms with E-state index in [1.54, 1.807) is 19.2 Å². The number of benzene rings is 1. The molecule has 0 bridgehead atoms. The average Bonchev–Trinajstić information content (AvgIpc) is 2.43. The van der Waals surface area contributed by atoms with Crippen LogP contribution in [0.25, 0.3) is 0 Å². The van der Waals surface area contributed by atoms with Gasteiger partial charge in [-0.3, -0.25) is 4.79 Å². The molecule has 1 aromatic rings. The van der Waals surface area contributed by atoms with Gasteiger partial charge in [0.2, 0.25) is 5.91 Å². The van der Waals surface area contributed by atoms with E-state index in [9.17, 15) is 14.7 Å². The number of hydrogen-bond acceptors (Lipinski definition) is 3. The van der Waals surface area contributed by atoms with Gasteiger partial charge in [-0.05, 0) is 5.56 Å². The van der Waals surface area contributed by atoms with Crippen LogP contribution in [0.2, 0.25) is 0 Å². The zero-order valence-corrected chi connectivity index (χ0v) is 7.61. The van der Waals surface area contributed by atoms with E-state index in [0.717, 1.165) is 5.56 Å². The second-order valence-electron chi connectivity index (χ2n) is 3.23. The summed E-state index contributed by atoms with van der Waals surface area (Å²) in [5.74, 6) is -1.34. The highest BCUT2D eigenvalue weighted by Crippen LogP contribution is 2.30. The number of carbonyl (C=O) groups excluding carboxylic acids is 2. The first-order valence-electron chi connectivity index (χ1n) is 4.21. The molecular formula is C10H8NO3-. The largest absolute Gasteiger partial charge is 0.545 e. The number of carboxylic acids is 1. The first-order valence-corrected chi connectivity index (χ1v) is 4.21. The molecule has 0 radical (unpaired) electrons. The molecule has 0 saturated heterocycles. The fourth-order valence-corrected chi connectivity index (χ4v) is 1.70. The van der Waals surface area contributed by atoms with E-state index in [0.29, 0.717) is 5.69 Å². The van der Waals surface area contributed by atoms with Crippen LogP contribution in [0.5, 0.6) is 0 Å². The van der Waals surface area contributed by atoms with E-state index in [1.165, 1.54) is 11.0 Å². The summed E-state index contributed by atoms with van der Waals surface area (Å²) in [4.78, 5) is 23.4. The Bertz CT molecular complexity index is 425. The molecule has 1 aromatic carbocycles. The third kappa shape index (κ3) is 1.08. The number of carboxylic acid groups (broad SMARTS) is 1. The molecular weight excluding hydrogens is 182 g/mol. The molecule has 0 unspecified atom stereocenters. The molecule has 4 heteroatoms. The summed E-state index contributed by atoms with van der Waals surface area (Å²) in [5.41, 5.74) is 1.30. The second kappa shape index (κ2) is 2.83. The molecule has 0 atom stereocenters. The Morgan fingerprint density at radius 3 is 2.86 bits per heavy atom. The van der Waals surface area contributed by atoms with E-state index in [-0.39, 0.29) is 17.9 Å². The van der Waals surface area contributed by atoms with Crippen molar-refractivity contribution < 1.29 is 14.7 Å². The van der Waals surface area contributed by atoms with E-state index < -0.39 is 5.97 Å². The van der Waals surface area contributed by atoms with Gasteiger partial charge in [-0.25, -0.2) is 0 Å². The standard InChI is InChI=1S/C10H9NO3/c1-11-8(12)5-6-3-2-4-7(9(6)11)10(13)14/h2-4H,5H2,1H3,(H,13,14)/p-1. The molecule has 0 spiro atoms. The highest BCUT2D eigenvalue weighted by Gasteiger charge is 2.26. The molecule has 1 aliphatic heterocycles. The van der Waals surface area contributed by atoms with E-state index in [4.69, 9.17) is 0 Å². The van der Waals surface area contributed by atoms with Crippen molar-refractivity contribution in [2.24, 2.45) is 0 Å². The number of para-hydroxylation sites is 1. The molecule has 0 aromatic heterocycles. The minimum atomic E-state index is -1.25. The number of anilines is 1. The number of hydrogen-bond donors (Lipinski definition) is 0. The molecule has 72 valence electrons. The Kier molecular flexibility index (Phi) is 1.77. The summed E-state index contributed by atoms with van der Waals surface area (Å²) < 4.78 is 0. The Hall–Kier alpha value is -1.84. The van der Waals surface area contributed by atoms with Crippen LogP contribution in [0.4, 0.5) is 5.69 Å². The molecule has 4 nitrogen and oxygen atoms in total. The van der Waals surface area contributed by atoms with Gasteiger partial charge in [0.05, 0.1) is 18.1 Å². The predicted octanol–water partition coefficient (Wildman–Crippen LogP) is -0.431. The number of rotatable bonds is 1. The van der Waals surface area contributed by atoms with Crippen molar-refractivity contribution in [3.05, 3.63) is 29.3 Å². The highest BCUT2D eigenvalue weighted by molar-refractivity contribution is 6.07. The monoisotopic (exact) mass is 190 g/mol. The molecule has 2 rings (SSSR count).